The van der Waals surface area contributed by atoms with Crippen molar-refractivity contribution in [2.45, 2.75) is 0 Å². The smallest absolute Gasteiger partial charge is 0.226 e. The van der Waals surface area contributed by atoms with Crippen LogP contribution in [0.25, 0.3) is 11.0 Å². The summed E-state index contributed by atoms with van der Waals surface area (Å²) in [5.74, 6) is 0.591. The van der Waals surface area contributed by atoms with Crippen molar-refractivity contribution in [2.75, 3.05) is 20.3 Å². The maximum atomic E-state index is 5.42. The number of aromatic amines is 1. The molecule has 0 aliphatic heterocycles. The van der Waals surface area contributed by atoms with E-state index in [1.165, 1.54) is 6.33 Å². The summed E-state index contributed by atoms with van der Waals surface area (Å²) in [6.45, 7) is 1.05. The minimum atomic E-state index is 0.494. The molecule has 0 unspecified atom stereocenters. The van der Waals surface area contributed by atoms with Gasteiger partial charge in [-0.2, -0.15) is 0 Å². The van der Waals surface area contributed by atoms with E-state index in [0.717, 1.165) is 11.0 Å². The van der Waals surface area contributed by atoms with Gasteiger partial charge >= 0.3 is 0 Å². The third-order valence-electron chi connectivity index (χ3n) is 1.84. The van der Waals surface area contributed by atoms with Crippen molar-refractivity contribution >= 4 is 11.0 Å². The molecular formula is C9H11N3O2. The number of nitrogens with one attached hydrogen (secondary N) is 1. The van der Waals surface area contributed by atoms with Crippen molar-refractivity contribution in [2.24, 2.45) is 0 Å². The Hall–Kier alpha value is -1.62. The highest BCUT2D eigenvalue weighted by Gasteiger charge is 2.04. The van der Waals surface area contributed by atoms with Gasteiger partial charge in [-0.25, -0.2) is 9.97 Å². The molecule has 2 aromatic rings. The van der Waals surface area contributed by atoms with Crippen molar-refractivity contribution < 1.29 is 9.47 Å². The predicted octanol–water partition coefficient (Wildman–Crippen LogP) is 0.983. The Labute approximate surface area is 81.1 Å². The highest BCUT2D eigenvalue weighted by Crippen LogP contribution is 2.19. The molecule has 5 heteroatoms. The summed E-state index contributed by atoms with van der Waals surface area (Å²) in [5, 5.41) is 0.892. The second-order valence-corrected chi connectivity index (χ2v) is 2.76. The first kappa shape index (κ1) is 8.96. The molecule has 0 saturated carbocycles. The lowest BCUT2D eigenvalue weighted by Crippen LogP contribution is -2.05. The Morgan fingerprint density at radius 2 is 2.29 bits per heavy atom. The summed E-state index contributed by atoms with van der Waals surface area (Å²) in [7, 11) is 1.63. The first-order valence-electron chi connectivity index (χ1n) is 4.31. The minimum Gasteiger partial charge on any atom is -0.475 e. The van der Waals surface area contributed by atoms with Gasteiger partial charge in [0, 0.05) is 13.3 Å². The summed E-state index contributed by atoms with van der Waals surface area (Å²) in [4.78, 5) is 11.1. The predicted molar refractivity (Wildman–Crippen MR) is 51.3 cm³/mol. The van der Waals surface area contributed by atoms with Gasteiger partial charge in [0.1, 0.15) is 18.6 Å². The molecule has 0 bridgehead atoms. The molecule has 2 rings (SSSR count). The summed E-state index contributed by atoms with van der Waals surface area (Å²) in [5.41, 5.74) is 0.785. The van der Waals surface area contributed by atoms with Crippen molar-refractivity contribution in [3.8, 4) is 5.88 Å². The normalized spacial score (nSPS) is 10.6. The van der Waals surface area contributed by atoms with Crippen molar-refractivity contribution in [1.82, 2.24) is 15.0 Å². The van der Waals surface area contributed by atoms with E-state index in [0.29, 0.717) is 19.1 Å². The van der Waals surface area contributed by atoms with Crippen LogP contribution in [0, 0.1) is 0 Å². The molecule has 74 valence electrons. The van der Waals surface area contributed by atoms with E-state index >= 15 is 0 Å². The van der Waals surface area contributed by atoms with Crippen LogP contribution in [0.2, 0.25) is 0 Å². The second-order valence-electron chi connectivity index (χ2n) is 2.76. The standard InChI is InChI=1S/C9H11N3O2/c1-13-4-5-14-9-7-2-3-10-8(7)11-6-12-9/h2-3,6H,4-5H2,1H3,(H,10,11,12). The van der Waals surface area contributed by atoms with Crippen LogP contribution in [0.1, 0.15) is 0 Å². The summed E-state index contributed by atoms with van der Waals surface area (Å²) in [6.07, 6.45) is 3.28. The molecule has 0 radical (unpaired) electrons. The number of aromatic nitrogens is 3. The Kier molecular flexibility index (Phi) is 2.60. The van der Waals surface area contributed by atoms with E-state index < -0.39 is 0 Å². The Bertz CT molecular complexity index is 413. The Balaban J connectivity index is 2.19. The average Bonchev–Trinajstić information content (AvgIpc) is 2.67. The van der Waals surface area contributed by atoms with E-state index in [-0.39, 0.29) is 0 Å². The number of hydrogen-bond donors (Lipinski definition) is 1. The number of nitrogens with zero attached hydrogens (tertiary/aromatic N) is 2. The van der Waals surface area contributed by atoms with Gasteiger partial charge in [0.2, 0.25) is 5.88 Å². The molecule has 0 atom stereocenters. The highest BCUT2D eigenvalue weighted by atomic mass is 16.5. The van der Waals surface area contributed by atoms with Crippen molar-refractivity contribution in [3.05, 3.63) is 18.6 Å². The molecule has 0 aromatic carbocycles. The zero-order valence-electron chi connectivity index (χ0n) is 7.86. The fourth-order valence-corrected chi connectivity index (χ4v) is 1.19. The van der Waals surface area contributed by atoms with E-state index in [1.807, 2.05) is 12.3 Å². The van der Waals surface area contributed by atoms with Crippen molar-refractivity contribution in [1.29, 1.82) is 0 Å². The monoisotopic (exact) mass is 193 g/mol. The van der Waals surface area contributed by atoms with Gasteiger partial charge in [-0.05, 0) is 6.07 Å². The molecule has 0 aliphatic rings. The number of hydrogen-bond acceptors (Lipinski definition) is 4. The SMILES string of the molecule is COCCOc1ncnc2[nH]ccc12. The van der Waals surface area contributed by atoms with E-state index in [4.69, 9.17) is 9.47 Å². The molecule has 0 amide bonds. The summed E-state index contributed by atoms with van der Waals surface area (Å²) in [6, 6.07) is 1.89. The topological polar surface area (TPSA) is 60.0 Å². The number of H-pyrrole nitrogens is 1. The van der Waals surface area contributed by atoms with Gasteiger partial charge in [0.05, 0.1) is 12.0 Å². The van der Waals surface area contributed by atoms with Crippen LogP contribution in [0.3, 0.4) is 0 Å². The number of rotatable bonds is 4. The van der Waals surface area contributed by atoms with Crippen LogP contribution in [-0.4, -0.2) is 35.3 Å². The van der Waals surface area contributed by atoms with Gasteiger partial charge in [0.25, 0.3) is 0 Å². The zero-order chi connectivity index (χ0) is 9.80. The van der Waals surface area contributed by atoms with Gasteiger partial charge < -0.3 is 14.5 Å². The summed E-state index contributed by atoms with van der Waals surface area (Å²) >= 11 is 0. The third kappa shape index (κ3) is 1.67. The average molecular weight is 193 g/mol. The van der Waals surface area contributed by atoms with E-state index in [2.05, 4.69) is 15.0 Å². The molecule has 1 N–H and O–H groups in total. The number of ether oxygens (including phenoxy) is 2. The maximum absolute atomic E-state index is 5.42. The fraction of sp³-hybridized carbons (Fsp3) is 0.333. The van der Waals surface area contributed by atoms with E-state index in [1.54, 1.807) is 7.11 Å². The lowest BCUT2D eigenvalue weighted by Gasteiger charge is -2.04. The van der Waals surface area contributed by atoms with Crippen LogP contribution in [-0.2, 0) is 4.74 Å². The van der Waals surface area contributed by atoms with Gasteiger partial charge in [-0.1, -0.05) is 0 Å². The van der Waals surface area contributed by atoms with Crippen LogP contribution < -0.4 is 4.74 Å². The van der Waals surface area contributed by atoms with Gasteiger partial charge in [-0.3, -0.25) is 0 Å². The molecule has 0 fully saturated rings. The lowest BCUT2D eigenvalue weighted by molar-refractivity contribution is 0.144. The Morgan fingerprint density at radius 1 is 1.36 bits per heavy atom. The first-order chi connectivity index (χ1) is 6.92. The van der Waals surface area contributed by atoms with Crippen molar-refractivity contribution in [3.63, 3.8) is 0 Å². The van der Waals surface area contributed by atoms with E-state index in [9.17, 15) is 0 Å². The fourth-order valence-electron chi connectivity index (χ4n) is 1.19. The molecule has 2 heterocycles. The third-order valence-corrected chi connectivity index (χ3v) is 1.84. The molecular weight excluding hydrogens is 182 g/mol. The van der Waals surface area contributed by atoms with Crippen LogP contribution in [0.5, 0.6) is 5.88 Å². The van der Waals surface area contributed by atoms with Gasteiger partial charge in [-0.15, -0.1) is 0 Å². The number of fused-ring (bicyclic) bond motifs is 1. The van der Waals surface area contributed by atoms with Crippen LogP contribution in [0.15, 0.2) is 18.6 Å². The number of methoxy groups -OCH3 is 1. The Morgan fingerprint density at radius 3 is 3.14 bits per heavy atom. The zero-order valence-corrected chi connectivity index (χ0v) is 7.86. The molecule has 5 nitrogen and oxygen atoms in total. The largest absolute Gasteiger partial charge is 0.475 e. The molecule has 2 aromatic heterocycles. The summed E-state index contributed by atoms with van der Waals surface area (Å²) < 4.78 is 10.3. The van der Waals surface area contributed by atoms with Crippen LogP contribution >= 0.6 is 0 Å². The quantitative estimate of drug-likeness (QED) is 0.735. The molecule has 0 aliphatic carbocycles. The maximum Gasteiger partial charge on any atom is 0.226 e. The molecule has 14 heavy (non-hydrogen) atoms. The van der Waals surface area contributed by atoms with Gasteiger partial charge in [0.15, 0.2) is 0 Å². The molecule has 0 spiro atoms. The molecule has 0 saturated heterocycles. The van der Waals surface area contributed by atoms with Crippen LogP contribution in [0.4, 0.5) is 0 Å². The minimum absolute atomic E-state index is 0.494. The second kappa shape index (κ2) is 4.06. The lowest BCUT2D eigenvalue weighted by atomic mass is 10.4. The first-order valence-corrected chi connectivity index (χ1v) is 4.31. The highest BCUT2D eigenvalue weighted by molar-refractivity contribution is 5.80.